The van der Waals surface area contributed by atoms with Gasteiger partial charge >= 0.3 is 0 Å². The van der Waals surface area contributed by atoms with Crippen molar-refractivity contribution in [2.45, 2.75) is 27.7 Å². The van der Waals surface area contributed by atoms with Gasteiger partial charge in [0.1, 0.15) is 5.69 Å². The molecular formula is C15H23N3O3. The second-order valence-electron chi connectivity index (χ2n) is 6.22. The summed E-state index contributed by atoms with van der Waals surface area (Å²) in [6, 6.07) is 4.30. The molecule has 1 unspecified atom stereocenters. The number of nitrogens with one attached hydrogen (secondary N) is 2. The van der Waals surface area contributed by atoms with Crippen molar-refractivity contribution in [3.05, 3.63) is 33.9 Å². The van der Waals surface area contributed by atoms with E-state index in [2.05, 4.69) is 38.3 Å². The Morgan fingerprint density at radius 2 is 2.00 bits per heavy atom. The summed E-state index contributed by atoms with van der Waals surface area (Å²) < 4.78 is 0. The number of carbonyl (C=O) groups excluding carboxylic acids is 1. The van der Waals surface area contributed by atoms with Crippen molar-refractivity contribution >= 4 is 17.3 Å². The van der Waals surface area contributed by atoms with E-state index in [-0.39, 0.29) is 17.0 Å². The van der Waals surface area contributed by atoms with E-state index in [0.29, 0.717) is 23.7 Å². The molecule has 1 aromatic carbocycles. The minimum Gasteiger partial charge on any atom is -0.383 e. The standard InChI is InChI=1S/C15H23N3O3/c1-10(15(2,3)4)9-17-14(19)11-6-7-13(18(20)21)12(8-11)16-5/h6-8,10,16H,9H2,1-5H3,(H,17,19). The summed E-state index contributed by atoms with van der Waals surface area (Å²) in [5, 5.41) is 16.5. The Balaban J connectivity index is 2.82. The van der Waals surface area contributed by atoms with Crippen molar-refractivity contribution in [1.29, 1.82) is 0 Å². The lowest BCUT2D eigenvalue weighted by atomic mass is 9.82. The van der Waals surface area contributed by atoms with E-state index in [9.17, 15) is 14.9 Å². The fourth-order valence-electron chi connectivity index (χ4n) is 1.69. The van der Waals surface area contributed by atoms with Gasteiger partial charge in [-0.2, -0.15) is 0 Å². The lowest BCUT2D eigenvalue weighted by Gasteiger charge is -2.27. The highest BCUT2D eigenvalue weighted by Gasteiger charge is 2.21. The molecule has 2 N–H and O–H groups in total. The molecule has 1 atom stereocenters. The highest BCUT2D eigenvalue weighted by molar-refractivity contribution is 5.95. The molecule has 116 valence electrons. The summed E-state index contributed by atoms with van der Waals surface area (Å²) in [6.45, 7) is 9.00. The number of hydrogen-bond acceptors (Lipinski definition) is 4. The summed E-state index contributed by atoms with van der Waals surface area (Å²) in [6.07, 6.45) is 0. The fourth-order valence-corrected chi connectivity index (χ4v) is 1.69. The molecule has 0 aliphatic rings. The Labute approximate surface area is 125 Å². The van der Waals surface area contributed by atoms with Crippen LogP contribution < -0.4 is 10.6 Å². The number of anilines is 1. The van der Waals surface area contributed by atoms with Crippen molar-refractivity contribution < 1.29 is 9.72 Å². The normalized spacial score (nSPS) is 12.6. The molecule has 0 aliphatic heterocycles. The monoisotopic (exact) mass is 293 g/mol. The van der Waals surface area contributed by atoms with Crippen LogP contribution in [-0.2, 0) is 0 Å². The largest absolute Gasteiger partial charge is 0.383 e. The van der Waals surface area contributed by atoms with Gasteiger partial charge in [0.05, 0.1) is 4.92 Å². The summed E-state index contributed by atoms with van der Waals surface area (Å²) in [5.74, 6) is 0.0979. The summed E-state index contributed by atoms with van der Waals surface area (Å²) in [4.78, 5) is 22.5. The van der Waals surface area contributed by atoms with Gasteiger partial charge in [-0.1, -0.05) is 27.7 Å². The van der Waals surface area contributed by atoms with E-state index in [1.165, 1.54) is 18.2 Å². The number of amides is 1. The SMILES string of the molecule is CNc1cc(C(=O)NCC(C)C(C)(C)C)ccc1[N+](=O)[O-]. The zero-order chi connectivity index (χ0) is 16.2. The average molecular weight is 293 g/mol. The minimum absolute atomic E-state index is 0.0443. The smallest absolute Gasteiger partial charge is 0.292 e. The zero-order valence-corrected chi connectivity index (χ0v) is 13.2. The first-order valence-corrected chi connectivity index (χ1v) is 6.91. The topological polar surface area (TPSA) is 84.3 Å². The maximum absolute atomic E-state index is 12.1. The molecule has 0 aromatic heterocycles. The third-order valence-corrected chi connectivity index (χ3v) is 3.77. The van der Waals surface area contributed by atoms with Crippen LogP contribution in [0.1, 0.15) is 38.1 Å². The third kappa shape index (κ3) is 4.44. The van der Waals surface area contributed by atoms with Gasteiger partial charge in [-0.25, -0.2) is 0 Å². The van der Waals surface area contributed by atoms with Crippen molar-refractivity contribution in [2.24, 2.45) is 11.3 Å². The molecule has 6 heteroatoms. The average Bonchev–Trinajstić information content (AvgIpc) is 2.42. The molecule has 0 aliphatic carbocycles. The molecule has 6 nitrogen and oxygen atoms in total. The van der Waals surface area contributed by atoms with E-state index in [1.807, 2.05) is 0 Å². The molecule has 0 saturated carbocycles. The van der Waals surface area contributed by atoms with Gasteiger partial charge in [-0.05, 0) is 23.5 Å². The molecule has 0 bridgehead atoms. The second-order valence-corrected chi connectivity index (χ2v) is 6.22. The lowest BCUT2D eigenvalue weighted by Crippen LogP contribution is -2.33. The molecule has 0 fully saturated rings. The molecule has 1 rings (SSSR count). The van der Waals surface area contributed by atoms with Crippen LogP contribution in [0.3, 0.4) is 0 Å². The van der Waals surface area contributed by atoms with Gasteiger partial charge in [0.2, 0.25) is 0 Å². The predicted molar refractivity (Wildman–Crippen MR) is 83.6 cm³/mol. The van der Waals surface area contributed by atoms with Crippen molar-refractivity contribution in [2.75, 3.05) is 18.9 Å². The molecular weight excluding hydrogens is 270 g/mol. The summed E-state index contributed by atoms with van der Waals surface area (Å²) in [5.41, 5.74) is 0.804. The van der Waals surface area contributed by atoms with Crippen LogP contribution in [0.2, 0.25) is 0 Å². The molecule has 0 heterocycles. The Hall–Kier alpha value is -2.11. The van der Waals surface area contributed by atoms with Gasteiger partial charge in [-0.15, -0.1) is 0 Å². The van der Waals surface area contributed by atoms with Gasteiger partial charge in [-0.3, -0.25) is 14.9 Å². The number of benzene rings is 1. The van der Waals surface area contributed by atoms with Crippen molar-refractivity contribution in [3.63, 3.8) is 0 Å². The lowest BCUT2D eigenvalue weighted by molar-refractivity contribution is -0.383. The minimum atomic E-state index is -0.477. The van der Waals surface area contributed by atoms with Gasteiger partial charge < -0.3 is 10.6 Å². The van der Waals surface area contributed by atoms with E-state index < -0.39 is 4.92 Å². The number of rotatable bonds is 5. The van der Waals surface area contributed by atoms with E-state index in [1.54, 1.807) is 7.05 Å². The zero-order valence-electron chi connectivity index (χ0n) is 13.2. The van der Waals surface area contributed by atoms with Crippen LogP contribution >= 0.6 is 0 Å². The van der Waals surface area contributed by atoms with Gasteiger partial charge in [0.25, 0.3) is 11.6 Å². The van der Waals surface area contributed by atoms with Crippen LogP contribution in [0.25, 0.3) is 0 Å². The molecule has 0 spiro atoms. The van der Waals surface area contributed by atoms with Crippen LogP contribution in [0.5, 0.6) is 0 Å². The molecule has 0 saturated heterocycles. The Kier molecular flexibility index (Phi) is 5.29. The first-order chi connectivity index (χ1) is 9.66. The maximum Gasteiger partial charge on any atom is 0.292 e. The molecule has 0 radical (unpaired) electrons. The van der Waals surface area contributed by atoms with Crippen LogP contribution in [0.4, 0.5) is 11.4 Å². The third-order valence-electron chi connectivity index (χ3n) is 3.77. The van der Waals surface area contributed by atoms with E-state index in [4.69, 9.17) is 0 Å². The summed E-state index contributed by atoms with van der Waals surface area (Å²) >= 11 is 0. The number of nitrogens with zero attached hydrogens (tertiary/aromatic N) is 1. The number of hydrogen-bond donors (Lipinski definition) is 2. The first-order valence-electron chi connectivity index (χ1n) is 6.91. The first kappa shape index (κ1) is 16.9. The van der Waals surface area contributed by atoms with E-state index in [0.717, 1.165) is 0 Å². The molecule has 21 heavy (non-hydrogen) atoms. The molecule has 1 aromatic rings. The highest BCUT2D eigenvalue weighted by Crippen LogP contribution is 2.26. The highest BCUT2D eigenvalue weighted by atomic mass is 16.6. The van der Waals surface area contributed by atoms with Crippen LogP contribution in [0, 0.1) is 21.4 Å². The van der Waals surface area contributed by atoms with E-state index >= 15 is 0 Å². The van der Waals surface area contributed by atoms with Gasteiger partial charge in [0, 0.05) is 25.2 Å². The predicted octanol–water partition coefficient (Wildman–Crippen LogP) is 3.05. The van der Waals surface area contributed by atoms with Crippen LogP contribution in [0.15, 0.2) is 18.2 Å². The Morgan fingerprint density at radius 1 is 1.38 bits per heavy atom. The van der Waals surface area contributed by atoms with Crippen LogP contribution in [-0.4, -0.2) is 24.4 Å². The number of nitro benzene ring substituents is 1. The Bertz CT molecular complexity index is 535. The van der Waals surface area contributed by atoms with Crippen molar-refractivity contribution in [1.82, 2.24) is 5.32 Å². The maximum atomic E-state index is 12.1. The fraction of sp³-hybridized carbons (Fsp3) is 0.533. The molecule has 1 amide bonds. The number of nitro groups is 1. The number of carbonyl (C=O) groups is 1. The second kappa shape index (κ2) is 6.56. The van der Waals surface area contributed by atoms with Gasteiger partial charge in [0.15, 0.2) is 0 Å². The quantitative estimate of drug-likeness (QED) is 0.645. The Morgan fingerprint density at radius 3 is 2.48 bits per heavy atom. The van der Waals surface area contributed by atoms with Crippen molar-refractivity contribution in [3.8, 4) is 0 Å². The summed E-state index contributed by atoms with van der Waals surface area (Å²) in [7, 11) is 1.59.